The summed E-state index contributed by atoms with van der Waals surface area (Å²) in [5.41, 5.74) is 3.44. The van der Waals surface area contributed by atoms with E-state index in [0.717, 1.165) is 0 Å². The predicted molar refractivity (Wildman–Crippen MR) is 139 cm³/mol. The maximum Gasteiger partial charge on any atom is 0.271 e. The van der Waals surface area contributed by atoms with E-state index in [4.69, 9.17) is 32.7 Å². The number of hydrogen-bond acceptors (Lipinski definition) is 7. The Hall–Kier alpha value is -3.67. The smallest absolute Gasteiger partial charge is 0.271 e. The third-order valence-electron chi connectivity index (χ3n) is 4.52. The molecule has 3 rings (SSSR count). The van der Waals surface area contributed by atoms with Crippen LogP contribution in [0.4, 0.5) is 11.4 Å². The van der Waals surface area contributed by atoms with E-state index < -0.39 is 16.7 Å². The standard InChI is InChI=1S/C23H17BrCl2N4O6/c1-35-20-9-13(11-27-29-23(32)14-2-5-16(6-3-14)30(33)34)8-17(24)22(20)36-12-21(31)28-15-4-7-18(25)19(26)10-15/h2-11H,12H2,1H3,(H,28,31)(H,29,32)/b27-11+. The summed E-state index contributed by atoms with van der Waals surface area (Å²) in [6, 6.07) is 13.0. The number of non-ortho nitro benzene ring substituents is 1. The summed E-state index contributed by atoms with van der Waals surface area (Å²) >= 11 is 15.2. The number of hydrazone groups is 1. The lowest BCUT2D eigenvalue weighted by Crippen LogP contribution is -2.20. The maximum absolute atomic E-state index is 12.3. The highest BCUT2D eigenvalue weighted by atomic mass is 79.9. The van der Waals surface area contributed by atoms with Crippen molar-refractivity contribution in [2.45, 2.75) is 0 Å². The number of hydrogen-bond donors (Lipinski definition) is 2. The first-order chi connectivity index (χ1) is 17.2. The fourth-order valence-corrected chi connectivity index (χ4v) is 3.70. The van der Waals surface area contributed by atoms with Crippen LogP contribution in [0, 0.1) is 10.1 Å². The van der Waals surface area contributed by atoms with Gasteiger partial charge in [-0.2, -0.15) is 5.10 Å². The molecule has 0 aliphatic rings. The predicted octanol–water partition coefficient (Wildman–Crippen LogP) is 5.45. The number of nitrogens with one attached hydrogen (secondary N) is 2. The van der Waals surface area contributed by atoms with E-state index in [1.165, 1.54) is 43.7 Å². The molecule has 0 fully saturated rings. The summed E-state index contributed by atoms with van der Waals surface area (Å²) in [5, 5.41) is 17.9. The number of carbonyl (C=O) groups is 2. The van der Waals surface area contributed by atoms with Crippen LogP contribution in [0.15, 0.2) is 64.2 Å². The van der Waals surface area contributed by atoms with Gasteiger partial charge in [-0.3, -0.25) is 19.7 Å². The topological polar surface area (TPSA) is 132 Å². The van der Waals surface area contributed by atoms with Crippen molar-refractivity contribution in [2.75, 3.05) is 19.0 Å². The van der Waals surface area contributed by atoms with E-state index in [0.29, 0.717) is 31.5 Å². The van der Waals surface area contributed by atoms with Crippen molar-refractivity contribution in [3.63, 3.8) is 0 Å². The summed E-state index contributed by atoms with van der Waals surface area (Å²) in [4.78, 5) is 34.6. The zero-order valence-corrected chi connectivity index (χ0v) is 21.6. The number of methoxy groups -OCH3 is 1. The second-order valence-electron chi connectivity index (χ2n) is 7.00. The lowest BCUT2D eigenvalue weighted by molar-refractivity contribution is -0.384. The average Bonchev–Trinajstić information content (AvgIpc) is 2.85. The number of amides is 2. The zero-order chi connectivity index (χ0) is 26.2. The highest BCUT2D eigenvalue weighted by Gasteiger charge is 2.14. The van der Waals surface area contributed by atoms with Crippen molar-refractivity contribution in [2.24, 2.45) is 5.10 Å². The number of rotatable bonds is 9. The summed E-state index contributed by atoms with van der Waals surface area (Å²) in [5.74, 6) is -0.370. The van der Waals surface area contributed by atoms with E-state index in [-0.39, 0.29) is 23.6 Å². The van der Waals surface area contributed by atoms with Crippen molar-refractivity contribution in [1.82, 2.24) is 5.43 Å². The average molecular weight is 596 g/mol. The van der Waals surface area contributed by atoms with Gasteiger partial charge >= 0.3 is 0 Å². The molecule has 0 saturated heterocycles. The van der Waals surface area contributed by atoms with Gasteiger partial charge in [0, 0.05) is 23.4 Å². The van der Waals surface area contributed by atoms with Gasteiger partial charge in [0.25, 0.3) is 17.5 Å². The van der Waals surface area contributed by atoms with Gasteiger partial charge in [0.2, 0.25) is 0 Å². The summed E-state index contributed by atoms with van der Waals surface area (Å²) < 4.78 is 11.5. The van der Waals surface area contributed by atoms with Crippen LogP contribution in [-0.4, -0.2) is 36.7 Å². The van der Waals surface area contributed by atoms with Gasteiger partial charge in [-0.15, -0.1) is 0 Å². The fourth-order valence-electron chi connectivity index (χ4n) is 2.83. The van der Waals surface area contributed by atoms with Crippen LogP contribution in [0.2, 0.25) is 10.0 Å². The molecule has 186 valence electrons. The molecule has 13 heteroatoms. The van der Waals surface area contributed by atoms with E-state index in [9.17, 15) is 19.7 Å². The Labute approximate surface area is 223 Å². The highest BCUT2D eigenvalue weighted by molar-refractivity contribution is 9.10. The second kappa shape index (κ2) is 12.3. The number of anilines is 1. The molecule has 0 saturated carbocycles. The van der Waals surface area contributed by atoms with E-state index in [1.807, 2.05) is 0 Å². The van der Waals surface area contributed by atoms with Gasteiger partial charge in [0.15, 0.2) is 18.1 Å². The molecular weight excluding hydrogens is 579 g/mol. The third kappa shape index (κ3) is 7.17. The highest BCUT2D eigenvalue weighted by Crippen LogP contribution is 2.36. The van der Waals surface area contributed by atoms with Crippen LogP contribution in [0.1, 0.15) is 15.9 Å². The lowest BCUT2D eigenvalue weighted by atomic mass is 10.2. The van der Waals surface area contributed by atoms with Gasteiger partial charge in [0.05, 0.1) is 32.8 Å². The SMILES string of the molecule is COc1cc(/C=N/NC(=O)c2ccc([N+](=O)[O-])cc2)cc(Br)c1OCC(=O)Nc1ccc(Cl)c(Cl)c1. The minimum atomic E-state index is -0.555. The monoisotopic (exact) mass is 594 g/mol. The van der Waals surface area contributed by atoms with Gasteiger partial charge in [-0.1, -0.05) is 23.2 Å². The molecule has 10 nitrogen and oxygen atoms in total. The molecule has 3 aromatic rings. The molecule has 0 aromatic heterocycles. The number of halogens is 3. The van der Waals surface area contributed by atoms with Crippen molar-refractivity contribution in [3.05, 3.63) is 90.4 Å². The van der Waals surface area contributed by atoms with Crippen LogP contribution in [0.25, 0.3) is 0 Å². The molecular formula is C23H17BrCl2N4O6. The van der Waals surface area contributed by atoms with E-state index >= 15 is 0 Å². The van der Waals surface area contributed by atoms with Gasteiger partial charge < -0.3 is 14.8 Å². The number of nitro groups is 1. The van der Waals surface area contributed by atoms with Gasteiger partial charge in [-0.05, 0) is 64.0 Å². The number of nitro benzene ring substituents is 1. The largest absolute Gasteiger partial charge is 0.493 e. The Balaban J connectivity index is 1.62. The van der Waals surface area contributed by atoms with Gasteiger partial charge in [-0.25, -0.2) is 5.43 Å². The molecule has 0 atom stereocenters. The normalized spacial score (nSPS) is 10.7. The van der Waals surface area contributed by atoms with Gasteiger partial charge in [0.1, 0.15) is 0 Å². The quantitative estimate of drug-likeness (QED) is 0.192. The van der Waals surface area contributed by atoms with Crippen molar-refractivity contribution >= 4 is 68.5 Å². The van der Waals surface area contributed by atoms with Crippen molar-refractivity contribution in [3.8, 4) is 11.5 Å². The van der Waals surface area contributed by atoms with E-state index in [2.05, 4.69) is 31.8 Å². The first-order valence-corrected chi connectivity index (χ1v) is 11.6. The van der Waals surface area contributed by atoms with Crippen molar-refractivity contribution in [1.29, 1.82) is 0 Å². The minimum absolute atomic E-state index is 0.124. The number of carbonyl (C=O) groups excluding carboxylic acids is 2. The lowest BCUT2D eigenvalue weighted by Gasteiger charge is -2.13. The number of benzene rings is 3. The summed E-state index contributed by atoms with van der Waals surface area (Å²) in [6.07, 6.45) is 1.37. The molecule has 0 heterocycles. The second-order valence-corrected chi connectivity index (χ2v) is 8.67. The van der Waals surface area contributed by atoms with Crippen LogP contribution < -0.4 is 20.2 Å². The van der Waals surface area contributed by atoms with Crippen LogP contribution in [0.5, 0.6) is 11.5 Å². The summed E-state index contributed by atoms with van der Waals surface area (Å²) in [6.45, 7) is -0.312. The molecule has 0 bridgehead atoms. The number of ether oxygens (including phenoxy) is 2. The van der Waals surface area contributed by atoms with Crippen LogP contribution in [0.3, 0.4) is 0 Å². The Bertz CT molecular complexity index is 1330. The molecule has 36 heavy (non-hydrogen) atoms. The third-order valence-corrected chi connectivity index (χ3v) is 5.85. The maximum atomic E-state index is 12.3. The molecule has 3 aromatic carbocycles. The molecule has 0 spiro atoms. The Morgan fingerprint density at radius 1 is 1.11 bits per heavy atom. The molecule has 0 aliphatic carbocycles. The molecule has 2 N–H and O–H groups in total. The Morgan fingerprint density at radius 2 is 1.83 bits per heavy atom. The minimum Gasteiger partial charge on any atom is -0.493 e. The molecule has 0 unspecified atom stereocenters. The molecule has 0 aliphatic heterocycles. The Morgan fingerprint density at radius 3 is 2.47 bits per heavy atom. The van der Waals surface area contributed by atoms with Crippen LogP contribution in [-0.2, 0) is 4.79 Å². The fraction of sp³-hybridized carbons (Fsp3) is 0.0870. The molecule has 2 amide bonds. The van der Waals surface area contributed by atoms with E-state index in [1.54, 1.807) is 24.3 Å². The van der Waals surface area contributed by atoms with Crippen molar-refractivity contribution < 1.29 is 24.0 Å². The first kappa shape index (κ1) is 26.9. The summed E-state index contributed by atoms with van der Waals surface area (Å²) in [7, 11) is 1.43. The number of nitrogens with zero attached hydrogens (tertiary/aromatic N) is 2. The first-order valence-electron chi connectivity index (χ1n) is 10.0. The Kier molecular flexibility index (Phi) is 9.23. The zero-order valence-electron chi connectivity index (χ0n) is 18.5. The molecule has 0 radical (unpaired) electrons. The van der Waals surface area contributed by atoms with Crippen LogP contribution >= 0.6 is 39.1 Å².